The van der Waals surface area contributed by atoms with Crippen molar-refractivity contribution >= 4 is 11.6 Å². The van der Waals surface area contributed by atoms with Gasteiger partial charge in [-0.3, -0.25) is 9.59 Å². The van der Waals surface area contributed by atoms with E-state index in [-0.39, 0.29) is 42.5 Å². The van der Waals surface area contributed by atoms with Crippen LogP contribution in [0, 0.1) is 39.9 Å². The lowest BCUT2D eigenvalue weighted by Crippen LogP contribution is -2.69. The van der Waals surface area contributed by atoms with Crippen LogP contribution in [0.15, 0.2) is 0 Å². The fourth-order valence-corrected chi connectivity index (χ4v) is 7.79. The summed E-state index contributed by atoms with van der Waals surface area (Å²) in [5.74, 6) is -1.96. The molecule has 0 aromatic rings. The van der Waals surface area contributed by atoms with Gasteiger partial charge in [-0.2, -0.15) is 0 Å². The summed E-state index contributed by atoms with van der Waals surface area (Å²) in [4.78, 5) is 26.9. The molecule has 4 fully saturated rings. The van der Waals surface area contributed by atoms with Crippen LogP contribution in [0.4, 0.5) is 0 Å². The summed E-state index contributed by atoms with van der Waals surface area (Å²) < 4.78 is 5.22. The molecule has 152 valence electrons. The second-order valence-corrected chi connectivity index (χ2v) is 10.0. The van der Waals surface area contributed by atoms with E-state index in [9.17, 15) is 24.9 Å². The molecular weight excluding hydrogens is 348 g/mol. The van der Waals surface area contributed by atoms with Gasteiger partial charge in [0.25, 0.3) is 0 Å². The largest absolute Gasteiger partial charge is 0.396 e. The Morgan fingerprint density at radius 3 is 2.52 bits per heavy atom. The normalized spacial score (nSPS) is 54.6. The van der Waals surface area contributed by atoms with E-state index in [0.29, 0.717) is 6.42 Å². The van der Waals surface area contributed by atoms with Crippen molar-refractivity contribution in [2.24, 2.45) is 39.9 Å². The fraction of sp³-hybridized carbons (Fsp3) is 0.905. The van der Waals surface area contributed by atoms with Crippen LogP contribution < -0.4 is 0 Å². The zero-order valence-electron chi connectivity index (χ0n) is 16.5. The van der Waals surface area contributed by atoms with Crippen LogP contribution in [0.25, 0.3) is 0 Å². The molecule has 0 saturated heterocycles. The summed E-state index contributed by atoms with van der Waals surface area (Å²) in [6.45, 7) is 4.24. The quantitative estimate of drug-likeness (QED) is 0.674. The second kappa shape index (κ2) is 6.09. The van der Waals surface area contributed by atoms with Crippen LogP contribution >= 0.6 is 0 Å². The van der Waals surface area contributed by atoms with Gasteiger partial charge in [0.1, 0.15) is 5.78 Å². The monoisotopic (exact) mass is 380 g/mol. The molecule has 4 aliphatic rings. The molecule has 1 unspecified atom stereocenters. The number of aliphatic hydroxyl groups excluding tert-OH is 3. The Balaban J connectivity index is 1.87. The number of ether oxygens (including phenoxy) is 1. The van der Waals surface area contributed by atoms with Crippen LogP contribution in [-0.2, 0) is 14.3 Å². The summed E-state index contributed by atoms with van der Waals surface area (Å²) in [6, 6.07) is 0. The van der Waals surface area contributed by atoms with Crippen LogP contribution in [0.1, 0.15) is 46.0 Å². The second-order valence-electron chi connectivity index (χ2n) is 10.0. The Labute approximate surface area is 160 Å². The highest BCUT2D eigenvalue weighted by atomic mass is 16.5. The first-order chi connectivity index (χ1) is 12.7. The fourth-order valence-electron chi connectivity index (χ4n) is 7.79. The highest BCUT2D eigenvalue weighted by Crippen LogP contribution is 2.70. The molecule has 4 aliphatic carbocycles. The lowest BCUT2D eigenvalue weighted by molar-refractivity contribution is -0.225. The van der Waals surface area contributed by atoms with Gasteiger partial charge in [-0.05, 0) is 36.0 Å². The smallest absolute Gasteiger partial charge is 0.150 e. The van der Waals surface area contributed by atoms with E-state index >= 15 is 0 Å². The molecule has 27 heavy (non-hydrogen) atoms. The number of Topliss-reactive ketones (excluding diaryl/α,β-unsaturated/α-hetero) is 2. The van der Waals surface area contributed by atoms with Gasteiger partial charge in [-0.25, -0.2) is 0 Å². The van der Waals surface area contributed by atoms with Crippen molar-refractivity contribution in [3.63, 3.8) is 0 Å². The molecule has 6 heteroatoms. The third-order valence-electron chi connectivity index (χ3n) is 8.89. The maximum absolute atomic E-state index is 13.5. The lowest BCUT2D eigenvalue weighted by Gasteiger charge is -2.64. The number of rotatable bonds is 3. The molecule has 0 aromatic carbocycles. The van der Waals surface area contributed by atoms with Gasteiger partial charge in [0.15, 0.2) is 5.78 Å². The lowest BCUT2D eigenvalue weighted by atomic mass is 9.39. The number of ketones is 2. The van der Waals surface area contributed by atoms with Crippen molar-refractivity contribution in [3.05, 3.63) is 0 Å². The summed E-state index contributed by atoms with van der Waals surface area (Å²) in [5.41, 5.74) is -2.30. The van der Waals surface area contributed by atoms with E-state index in [1.54, 1.807) is 0 Å². The third-order valence-corrected chi connectivity index (χ3v) is 8.89. The highest BCUT2D eigenvalue weighted by Gasteiger charge is 2.77. The molecule has 4 rings (SSSR count). The Kier molecular flexibility index (Phi) is 4.39. The van der Waals surface area contributed by atoms with E-state index in [1.807, 2.05) is 13.8 Å². The van der Waals surface area contributed by atoms with Gasteiger partial charge in [0, 0.05) is 37.9 Å². The van der Waals surface area contributed by atoms with Crippen LogP contribution in [-0.4, -0.2) is 59.4 Å². The van der Waals surface area contributed by atoms with E-state index < -0.39 is 40.8 Å². The Hall–Kier alpha value is -0.820. The van der Waals surface area contributed by atoms with Crippen molar-refractivity contribution in [1.82, 2.24) is 0 Å². The van der Waals surface area contributed by atoms with E-state index in [0.717, 1.165) is 19.3 Å². The number of hydrogen-bond donors (Lipinski definition) is 3. The predicted molar refractivity (Wildman–Crippen MR) is 96.7 cm³/mol. The molecule has 0 aromatic heterocycles. The Bertz CT molecular complexity index is 663. The van der Waals surface area contributed by atoms with Crippen molar-refractivity contribution in [2.75, 3.05) is 20.3 Å². The summed E-state index contributed by atoms with van der Waals surface area (Å²) in [6.07, 6.45) is 0.914. The summed E-state index contributed by atoms with van der Waals surface area (Å²) in [7, 11) is 1.52. The minimum Gasteiger partial charge on any atom is -0.396 e. The summed E-state index contributed by atoms with van der Waals surface area (Å²) >= 11 is 0. The highest BCUT2D eigenvalue weighted by molar-refractivity contribution is 6.01. The number of methoxy groups -OCH3 is 1. The first-order valence-corrected chi connectivity index (χ1v) is 10.2. The van der Waals surface area contributed by atoms with E-state index in [1.165, 1.54) is 7.11 Å². The molecule has 0 amide bonds. The standard InChI is InChI=1S/C21H32O6/c1-19(10-22)5-4-6-20(2)14(19)8-15(24)21-16(20)13(23)7-11(17(21)25)12(9-27-3)18(21)26/h11-12,14-17,22,24-25H,4-10H2,1-3H3/t11-,12?,14-,15+,16+,17+,19+,20-,21-/m0/s1. The van der Waals surface area contributed by atoms with Gasteiger partial charge < -0.3 is 20.1 Å². The predicted octanol–water partition coefficient (Wildman–Crippen LogP) is 0.954. The van der Waals surface area contributed by atoms with E-state index in [2.05, 4.69) is 0 Å². The van der Waals surface area contributed by atoms with Gasteiger partial charge in [-0.15, -0.1) is 0 Å². The summed E-state index contributed by atoms with van der Waals surface area (Å²) in [5, 5.41) is 32.6. The number of carbonyl (C=O) groups is 2. The maximum atomic E-state index is 13.5. The third kappa shape index (κ3) is 2.16. The van der Waals surface area contributed by atoms with Crippen molar-refractivity contribution in [2.45, 2.75) is 58.2 Å². The van der Waals surface area contributed by atoms with Gasteiger partial charge >= 0.3 is 0 Å². The molecule has 3 N–H and O–H groups in total. The zero-order valence-corrected chi connectivity index (χ0v) is 16.5. The molecular formula is C21H32O6. The Morgan fingerprint density at radius 2 is 1.89 bits per heavy atom. The van der Waals surface area contributed by atoms with Crippen LogP contribution in [0.2, 0.25) is 0 Å². The number of hydrogen-bond acceptors (Lipinski definition) is 6. The van der Waals surface area contributed by atoms with Crippen molar-refractivity contribution in [1.29, 1.82) is 0 Å². The minimum absolute atomic E-state index is 0.000683. The number of fused-ring (bicyclic) bond motifs is 3. The van der Waals surface area contributed by atoms with Crippen LogP contribution in [0.5, 0.6) is 0 Å². The molecule has 6 nitrogen and oxygen atoms in total. The van der Waals surface area contributed by atoms with Crippen LogP contribution in [0.3, 0.4) is 0 Å². The zero-order chi connectivity index (χ0) is 19.8. The molecule has 2 bridgehead atoms. The molecule has 9 atom stereocenters. The molecule has 0 aliphatic heterocycles. The molecule has 0 radical (unpaired) electrons. The van der Waals surface area contributed by atoms with Crippen molar-refractivity contribution < 1.29 is 29.6 Å². The average Bonchev–Trinajstić information content (AvgIpc) is 2.74. The molecule has 1 spiro atoms. The first-order valence-electron chi connectivity index (χ1n) is 10.2. The molecule has 0 heterocycles. The maximum Gasteiger partial charge on any atom is 0.150 e. The number of aliphatic hydroxyl groups is 3. The molecule has 4 saturated carbocycles. The van der Waals surface area contributed by atoms with Gasteiger partial charge in [0.2, 0.25) is 0 Å². The van der Waals surface area contributed by atoms with E-state index in [4.69, 9.17) is 4.74 Å². The Morgan fingerprint density at radius 1 is 1.19 bits per heavy atom. The van der Waals surface area contributed by atoms with Crippen molar-refractivity contribution in [3.8, 4) is 0 Å². The topological polar surface area (TPSA) is 104 Å². The van der Waals surface area contributed by atoms with Gasteiger partial charge in [-0.1, -0.05) is 20.3 Å². The minimum atomic E-state index is -1.41. The first kappa shape index (κ1) is 19.5. The van der Waals surface area contributed by atoms with Gasteiger partial charge in [0.05, 0.1) is 24.2 Å². The SMILES string of the molecule is COCC1C(=O)[C@@]23[C@H](O)C[C@H]4[C@@](C)(CO)CCC[C@]4(C)[C@H]2C(=O)C[C@@H]1[C@H]3O. The average molecular weight is 380 g/mol. The number of carbonyl (C=O) groups excluding carboxylic acids is 2.